The Bertz CT molecular complexity index is 1270. The fourth-order valence-electron chi connectivity index (χ4n) is 3.46. The zero-order valence-corrected chi connectivity index (χ0v) is 20.2. The van der Waals surface area contributed by atoms with Crippen LogP contribution in [-0.4, -0.2) is 9.30 Å². The molecule has 0 amide bonds. The van der Waals surface area contributed by atoms with Crippen molar-refractivity contribution in [2.45, 2.75) is 0 Å². The van der Waals surface area contributed by atoms with E-state index < -0.39 is 18.2 Å². The molecule has 1 heterocycles. The Balaban J connectivity index is 0.00000144. The molecule has 5 aromatic rings. The van der Waals surface area contributed by atoms with Gasteiger partial charge in [-0.15, -0.1) is 24.8 Å². The van der Waals surface area contributed by atoms with Crippen molar-refractivity contribution in [1.29, 1.82) is 0 Å². The Morgan fingerprint density at radius 2 is 1.12 bits per heavy atom. The molecule has 0 atom stereocenters. The molecule has 0 radical (unpaired) electrons. The van der Waals surface area contributed by atoms with Gasteiger partial charge in [0, 0.05) is 0 Å². The van der Waals surface area contributed by atoms with E-state index in [0.717, 1.165) is 38.6 Å². The average molecular weight is 498 g/mol. The van der Waals surface area contributed by atoms with Crippen molar-refractivity contribution < 1.29 is 24.8 Å². The van der Waals surface area contributed by atoms with Crippen molar-refractivity contribution in [3.8, 4) is 11.5 Å². The van der Waals surface area contributed by atoms with Crippen LogP contribution in [0.4, 0.5) is 0 Å². The maximum absolute atomic E-state index is 6.55. The van der Waals surface area contributed by atoms with Crippen LogP contribution in [0.15, 0.2) is 109 Å². The van der Waals surface area contributed by atoms with E-state index in [0.29, 0.717) is 0 Å². The van der Waals surface area contributed by atoms with E-state index in [1.807, 2.05) is 66.9 Å². The molecule has 0 bridgehead atoms. The molecule has 0 spiro atoms. The van der Waals surface area contributed by atoms with Crippen molar-refractivity contribution in [2.24, 2.45) is 0 Å². The summed E-state index contributed by atoms with van der Waals surface area (Å²) in [4.78, 5) is 4.24. The molecule has 4 aromatic carbocycles. The Hall–Kier alpha value is -2.69. The molecular weight excluding hydrogens is 477 g/mol. The van der Waals surface area contributed by atoms with Gasteiger partial charge in [-0.2, -0.15) is 0 Å². The molecule has 6 heteroatoms. The molecule has 0 N–H and O–H groups in total. The Morgan fingerprint density at radius 1 is 0.594 bits per heavy atom. The van der Waals surface area contributed by atoms with Crippen LogP contribution in [0, 0.1) is 0 Å². The van der Waals surface area contributed by atoms with E-state index >= 15 is 0 Å². The second-order valence-corrected chi connectivity index (χ2v) is 8.99. The number of rotatable bonds is 5. The Labute approximate surface area is 206 Å². The first-order valence-corrected chi connectivity index (χ1v) is 12.0. The predicted molar refractivity (Wildman–Crippen MR) is 133 cm³/mol. The minimum atomic E-state index is -2.63. The van der Waals surface area contributed by atoms with Crippen LogP contribution >= 0.6 is 24.8 Å². The summed E-state index contributed by atoms with van der Waals surface area (Å²) in [5.41, 5.74) is 1.01. The van der Waals surface area contributed by atoms with E-state index in [9.17, 15) is 0 Å². The van der Waals surface area contributed by atoms with Crippen LogP contribution in [0.5, 0.6) is 11.5 Å². The van der Waals surface area contributed by atoms with Crippen molar-refractivity contribution in [3.05, 3.63) is 115 Å². The zero-order chi connectivity index (χ0) is 20.2. The Morgan fingerprint density at radius 3 is 1.66 bits per heavy atom. The van der Waals surface area contributed by atoms with Gasteiger partial charge in [-0.25, -0.2) is 0 Å². The number of halogens is 2. The molecule has 0 aliphatic carbocycles. The SMILES string of the molecule is Cl.Cl.[CH](c1cccnc1)=[Ti]([O]c1cccc2ccccc12)[O]c1cccc2ccccc12. The summed E-state index contributed by atoms with van der Waals surface area (Å²) < 4.78 is 15.2. The van der Waals surface area contributed by atoms with Crippen molar-refractivity contribution in [3.63, 3.8) is 0 Å². The van der Waals surface area contributed by atoms with Crippen LogP contribution in [0.25, 0.3) is 21.5 Å². The first-order chi connectivity index (χ1) is 14.9. The maximum atomic E-state index is 6.55. The summed E-state index contributed by atoms with van der Waals surface area (Å²) in [6, 6.07) is 32.7. The third kappa shape index (κ3) is 5.38. The summed E-state index contributed by atoms with van der Waals surface area (Å²) >= 11 is -2.63. The van der Waals surface area contributed by atoms with Gasteiger partial charge in [-0.05, 0) is 0 Å². The van der Waals surface area contributed by atoms with Gasteiger partial charge in [0.05, 0.1) is 0 Å². The monoisotopic (exact) mass is 497 g/mol. The molecule has 0 fully saturated rings. The summed E-state index contributed by atoms with van der Waals surface area (Å²) in [6.07, 6.45) is 3.61. The van der Waals surface area contributed by atoms with Crippen molar-refractivity contribution >= 4 is 50.7 Å². The summed E-state index contributed by atoms with van der Waals surface area (Å²) in [5.74, 6) is 1.70. The third-order valence-electron chi connectivity index (χ3n) is 4.89. The van der Waals surface area contributed by atoms with Gasteiger partial charge in [-0.3, -0.25) is 0 Å². The van der Waals surface area contributed by atoms with E-state index in [-0.39, 0.29) is 24.8 Å². The predicted octanol–water partition coefficient (Wildman–Crippen LogP) is 6.99. The topological polar surface area (TPSA) is 31.4 Å². The first-order valence-electron chi connectivity index (χ1n) is 9.80. The molecule has 0 saturated carbocycles. The first kappa shape index (κ1) is 24.0. The standard InChI is InChI=1S/2C10H8O.C6H5N.2ClH.Ti/c2*11-10-7-3-5-8-4-1-2-6-9(8)10;1-6-3-2-4-7-5-6;;;/h2*1-7,11H;1-5H;2*1H;/q;;;;;+2/p-2. The van der Waals surface area contributed by atoms with Crippen molar-refractivity contribution in [1.82, 2.24) is 4.98 Å². The number of hydrogen-bond acceptors (Lipinski definition) is 3. The van der Waals surface area contributed by atoms with Gasteiger partial charge >= 0.3 is 182 Å². The van der Waals surface area contributed by atoms with Gasteiger partial charge in [0.2, 0.25) is 0 Å². The number of hydrogen-bond donors (Lipinski definition) is 0. The molecule has 0 aliphatic rings. The number of benzene rings is 4. The van der Waals surface area contributed by atoms with Crippen LogP contribution in [0.3, 0.4) is 0 Å². The summed E-state index contributed by atoms with van der Waals surface area (Å²) in [7, 11) is 0. The zero-order valence-electron chi connectivity index (χ0n) is 17.0. The fraction of sp³-hybridized carbons (Fsp3) is 0. The molecular formula is C26H21Cl2NO2Ti. The van der Waals surface area contributed by atoms with E-state index in [2.05, 4.69) is 45.7 Å². The van der Waals surface area contributed by atoms with Gasteiger partial charge in [0.25, 0.3) is 0 Å². The number of pyridine rings is 1. The molecule has 0 unspecified atom stereocenters. The second kappa shape index (κ2) is 11.3. The van der Waals surface area contributed by atoms with Crippen LogP contribution < -0.4 is 6.64 Å². The van der Waals surface area contributed by atoms with Gasteiger partial charge in [0.15, 0.2) is 0 Å². The van der Waals surface area contributed by atoms with Crippen LogP contribution in [0.1, 0.15) is 5.56 Å². The Kier molecular flexibility index (Phi) is 8.43. The second-order valence-electron chi connectivity index (χ2n) is 6.91. The summed E-state index contributed by atoms with van der Waals surface area (Å²) in [6.45, 7) is 0. The fourth-order valence-corrected chi connectivity index (χ4v) is 5.64. The van der Waals surface area contributed by atoms with E-state index in [4.69, 9.17) is 6.64 Å². The van der Waals surface area contributed by atoms with E-state index in [1.165, 1.54) is 0 Å². The molecule has 5 rings (SSSR count). The van der Waals surface area contributed by atoms with E-state index in [1.54, 1.807) is 6.20 Å². The average Bonchev–Trinajstić information content (AvgIpc) is 2.80. The quantitative estimate of drug-likeness (QED) is 0.245. The van der Waals surface area contributed by atoms with Gasteiger partial charge in [0.1, 0.15) is 0 Å². The third-order valence-corrected chi connectivity index (χ3v) is 7.09. The molecule has 0 saturated heterocycles. The van der Waals surface area contributed by atoms with Gasteiger partial charge in [-0.1, -0.05) is 0 Å². The van der Waals surface area contributed by atoms with Gasteiger partial charge < -0.3 is 0 Å². The van der Waals surface area contributed by atoms with Crippen molar-refractivity contribution in [2.75, 3.05) is 0 Å². The molecule has 3 nitrogen and oxygen atoms in total. The van der Waals surface area contributed by atoms with Crippen LogP contribution in [-0.2, 0) is 18.2 Å². The molecule has 1 aromatic heterocycles. The minimum absolute atomic E-state index is 0. The normalized spacial score (nSPS) is 10.0. The van der Waals surface area contributed by atoms with Crippen LogP contribution in [0.2, 0.25) is 0 Å². The molecule has 0 aliphatic heterocycles. The number of aromatic nitrogens is 1. The molecule has 32 heavy (non-hydrogen) atoms. The molecule has 160 valence electrons. The summed E-state index contributed by atoms with van der Waals surface area (Å²) in [5, 5.41) is 4.48. The number of nitrogens with zero attached hydrogens (tertiary/aromatic N) is 1. The number of fused-ring (bicyclic) bond motifs is 2.